The number of hydrogen-bond acceptors (Lipinski definition) is 2. The summed E-state index contributed by atoms with van der Waals surface area (Å²) in [5, 5.41) is 10.3. The van der Waals surface area contributed by atoms with Gasteiger partial charge in [-0.25, -0.2) is 0 Å². The summed E-state index contributed by atoms with van der Waals surface area (Å²) < 4.78 is 0. The number of hydrogen-bond donors (Lipinski definition) is 1. The lowest BCUT2D eigenvalue weighted by molar-refractivity contribution is -0.123. The normalized spacial score (nSPS) is 20.2. The Kier molecular flexibility index (Phi) is 7.16. The van der Waals surface area contributed by atoms with Crippen molar-refractivity contribution in [3.8, 4) is 6.07 Å². The fourth-order valence-corrected chi connectivity index (χ4v) is 1.19. The van der Waals surface area contributed by atoms with E-state index in [1.807, 2.05) is 0 Å². The van der Waals surface area contributed by atoms with Crippen LogP contribution in [0, 0.1) is 17.2 Å². The Labute approximate surface area is 85.1 Å². The van der Waals surface area contributed by atoms with Crippen molar-refractivity contribution in [1.82, 2.24) is 5.32 Å². The summed E-state index contributed by atoms with van der Waals surface area (Å²) >= 11 is 0. The molecule has 3 nitrogen and oxygen atoms in total. The van der Waals surface area contributed by atoms with Gasteiger partial charge < -0.3 is 5.32 Å². The Morgan fingerprint density at radius 2 is 2.14 bits per heavy atom. The smallest absolute Gasteiger partial charge is 0.226 e. The van der Waals surface area contributed by atoms with Gasteiger partial charge in [-0.15, -0.1) is 6.58 Å². The van der Waals surface area contributed by atoms with E-state index in [0.29, 0.717) is 0 Å². The number of nitrogens with one attached hydrogen (secondary N) is 1. The van der Waals surface area contributed by atoms with Gasteiger partial charge >= 0.3 is 0 Å². The van der Waals surface area contributed by atoms with E-state index in [1.165, 1.54) is 6.08 Å². The number of nitrogens with zero attached hydrogens (tertiary/aromatic N) is 1. The average molecular weight is 192 g/mol. The third-order valence-corrected chi connectivity index (χ3v) is 1.95. The van der Waals surface area contributed by atoms with E-state index in [-0.39, 0.29) is 11.8 Å². The second-order valence-corrected chi connectivity index (χ2v) is 2.96. The van der Waals surface area contributed by atoms with Gasteiger partial charge in [0.25, 0.3) is 0 Å². The molecule has 1 N–H and O–H groups in total. The molecule has 14 heavy (non-hydrogen) atoms. The van der Waals surface area contributed by atoms with Crippen molar-refractivity contribution in [2.45, 2.75) is 19.3 Å². The number of rotatable bonds is 1. The first-order valence-corrected chi connectivity index (χ1v) is 4.67. The number of carbonyl (C=O) groups excluding carboxylic acids is 1. The summed E-state index contributed by atoms with van der Waals surface area (Å²) in [6, 6.07) is 1.69. The molecule has 0 spiro atoms. The van der Waals surface area contributed by atoms with Crippen LogP contribution in [0.2, 0.25) is 0 Å². The molecule has 1 heterocycles. The van der Waals surface area contributed by atoms with Crippen molar-refractivity contribution in [2.75, 3.05) is 6.54 Å². The van der Waals surface area contributed by atoms with E-state index in [1.54, 1.807) is 12.1 Å². The second-order valence-electron chi connectivity index (χ2n) is 2.96. The maximum atomic E-state index is 11.1. The van der Waals surface area contributed by atoms with E-state index in [4.69, 9.17) is 5.26 Å². The lowest BCUT2D eigenvalue weighted by atomic mass is 10.0. The monoisotopic (exact) mass is 192 g/mol. The molecule has 0 radical (unpaired) electrons. The zero-order valence-electron chi connectivity index (χ0n) is 8.33. The summed E-state index contributed by atoms with van der Waals surface area (Å²) in [6.07, 6.45) is 6.13. The predicted molar refractivity (Wildman–Crippen MR) is 56.4 cm³/mol. The molecule has 3 heteroatoms. The number of amides is 1. The minimum absolute atomic E-state index is 0.0579. The highest BCUT2D eigenvalue weighted by atomic mass is 16.1. The van der Waals surface area contributed by atoms with Gasteiger partial charge in [-0.2, -0.15) is 5.26 Å². The molecule has 0 aromatic carbocycles. The fraction of sp³-hybridized carbons (Fsp3) is 0.455. The lowest BCUT2D eigenvalue weighted by Crippen LogP contribution is -2.27. The first kappa shape index (κ1) is 12.4. The van der Waals surface area contributed by atoms with Crippen LogP contribution in [0.1, 0.15) is 19.3 Å². The fourth-order valence-electron chi connectivity index (χ4n) is 1.19. The average Bonchev–Trinajstić information content (AvgIpc) is 2.43. The Morgan fingerprint density at radius 3 is 2.64 bits per heavy atom. The van der Waals surface area contributed by atoms with Gasteiger partial charge in [0, 0.05) is 12.6 Å². The van der Waals surface area contributed by atoms with Gasteiger partial charge in [-0.05, 0) is 12.8 Å². The van der Waals surface area contributed by atoms with Gasteiger partial charge in [-0.3, -0.25) is 4.79 Å². The van der Waals surface area contributed by atoms with Crippen molar-refractivity contribution in [2.24, 2.45) is 5.92 Å². The largest absolute Gasteiger partial charge is 0.356 e. The quantitative estimate of drug-likeness (QED) is 0.508. The minimum atomic E-state index is 0.0579. The molecule has 1 amide bonds. The molecular formula is C11H16N2O. The summed E-state index contributed by atoms with van der Waals surface area (Å²) in [5.41, 5.74) is 0. The third-order valence-electron chi connectivity index (χ3n) is 1.95. The first-order chi connectivity index (χ1) is 6.76. The molecular weight excluding hydrogens is 176 g/mol. The Hall–Kier alpha value is -1.56. The number of carbonyl (C=O) groups is 1. The zero-order valence-corrected chi connectivity index (χ0v) is 8.33. The highest BCUT2D eigenvalue weighted by Gasteiger charge is 2.16. The van der Waals surface area contributed by atoms with Crippen LogP contribution in [-0.4, -0.2) is 12.5 Å². The maximum absolute atomic E-state index is 11.1. The van der Waals surface area contributed by atoms with Gasteiger partial charge in [-0.1, -0.05) is 19.1 Å². The van der Waals surface area contributed by atoms with E-state index in [2.05, 4.69) is 18.5 Å². The Morgan fingerprint density at radius 1 is 1.50 bits per heavy atom. The summed E-state index contributed by atoms with van der Waals surface area (Å²) in [5.74, 6) is 0.204. The van der Waals surface area contributed by atoms with Crippen LogP contribution >= 0.6 is 0 Å². The third kappa shape index (κ3) is 5.15. The van der Waals surface area contributed by atoms with E-state index in [0.717, 1.165) is 25.8 Å². The van der Waals surface area contributed by atoms with Crippen LogP contribution in [0.25, 0.3) is 0 Å². The van der Waals surface area contributed by atoms with Gasteiger partial charge in [0.1, 0.15) is 0 Å². The molecule has 1 aliphatic heterocycles. The molecule has 1 atom stereocenters. The SMILES string of the molecule is C=CC#N.C=CC1CCCCNC1=O. The highest BCUT2D eigenvalue weighted by Crippen LogP contribution is 2.12. The second kappa shape index (κ2) is 8.06. The molecule has 0 aliphatic carbocycles. The minimum Gasteiger partial charge on any atom is -0.356 e. The summed E-state index contributed by atoms with van der Waals surface area (Å²) in [4.78, 5) is 11.1. The molecule has 0 aromatic rings. The van der Waals surface area contributed by atoms with Crippen LogP contribution < -0.4 is 5.32 Å². The van der Waals surface area contributed by atoms with Crippen molar-refractivity contribution < 1.29 is 4.79 Å². The topological polar surface area (TPSA) is 52.9 Å². The van der Waals surface area contributed by atoms with Crippen LogP contribution in [0.5, 0.6) is 0 Å². The van der Waals surface area contributed by atoms with E-state index in [9.17, 15) is 4.79 Å². The molecule has 1 unspecified atom stereocenters. The van der Waals surface area contributed by atoms with Crippen molar-refractivity contribution >= 4 is 5.91 Å². The molecule has 1 saturated heterocycles. The standard InChI is InChI=1S/C8H13NO.C3H3N/c1-2-7-5-3-4-6-9-8(7)10;1-2-3-4/h2,7H,1,3-6H2,(H,9,10);2H,1H2. The van der Waals surface area contributed by atoms with Crippen molar-refractivity contribution in [3.63, 3.8) is 0 Å². The number of allylic oxidation sites excluding steroid dienone is 1. The molecule has 1 rings (SSSR count). The highest BCUT2D eigenvalue weighted by molar-refractivity contribution is 5.80. The van der Waals surface area contributed by atoms with E-state index < -0.39 is 0 Å². The molecule has 1 aliphatic rings. The van der Waals surface area contributed by atoms with Crippen molar-refractivity contribution in [1.29, 1.82) is 5.26 Å². The molecule has 0 aromatic heterocycles. The maximum Gasteiger partial charge on any atom is 0.226 e. The zero-order chi connectivity index (χ0) is 10.8. The Balaban J connectivity index is 0.000000364. The summed E-state index contributed by atoms with van der Waals surface area (Å²) in [7, 11) is 0. The van der Waals surface area contributed by atoms with Crippen molar-refractivity contribution in [3.05, 3.63) is 25.3 Å². The van der Waals surface area contributed by atoms with Crippen LogP contribution in [0.3, 0.4) is 0 Å². The number of nitriles is 1. The van der Waals surface area contributed by atoms with Gasteiger partial charge in [0.05, 0.1) is 12.0 Å². The molecule has 76 valence electrons. The van der Waals surface area contributed by atoms with Gasteiger partial charge in [0.15, 0.2) is 0 Å². The van der Waals surface area contributed by atoms with Crippen LogP contribution in [-0.2, 0) is 4.79 Å². The predicted octanol–water partition coefficient (Wildman–Crippen LogP) is 1.78. The Bertz CT molecular complexity index is 240. The van der Waals surface area contributed by atoms with Gasteiger partial charge in [0.2, 0.25) is 5.91 Å². The first-order valence-electron chi connectivity index (χ1n) is 4.67. The lowest BCUT2D eigenvalue weighted by Gasteiger charge is -2.05. The molecule has 1 fully saturated rings. The summed E-state index contributed by atoms with van der Waals surface area (Å²) in [6.45, 7) is 7.57. The van der Waals surface area contributed by atoms with E-state index >= 15 is 0 Å². The molecule has 0 bridgehead atoms. The van der Waals surface area contributed by atoms with Crippen LogP contribution in [0.15, 0.2) is 25.3 Å². The van der Waals surface area contributed by atoms with Crippen LogP contribution in [0.4, 0.5) is 0 Å². The molecule has 0 saturated carbocycles.